The molecule has 1 N–H and O–H groups in total. The van der Waals surface area contributed by atoms with Gasteiger partial charge in [0.2, 0.25) is 11.8 Å². The van der Waals surface area contributed by atoms with Crippen molar-refractivity contribution in [2.75, 3.05) is 31.2 Å². The Morgan fingerprint density at radius 2 is 1.60 bits per heavy atom. The van der Waals surface area contributed by atoms with Crippen LogP contribution in [0.3, 0.4) is 0 Å². The number of carbonyl (C=O) groups is 2. The van der Waals surface area contributed by atoms with Gasteiger partial charge in [0, 0.05) is 18.7 Å². The number of nitrogens with zero attached hydrogens (tertiary/aromatic N) is 2. The fourth-order valence-corrected chi connectivity index (χ4v) is 6.15. The minimum atomic E-state index is -4.19. The molecule has 0 unspecified atom stereocenters. The van der Waals surface area contributed by atoms with Crippen LogP contribution < -0.4 is 23.8 Å². The standard InChI is InChI=1S/C32H39N3O7S/c1-5-23(3)33-32(37)28(6-2)34(21-24-12-15-26(40-4)16-13-24)31(36)22-35(43(38,39)27-10-8-7-9-11-27)25-14-17-29-30(20-25)42-19-18-41-29/h7-17,20,23,28H,5-6,18-19,21-22H2,1-4H3,(H,33,37)/t23-,28-/m0/s1. The first-order chi connectivity index (χ1) is 20.7. The van der Waals surface area contributed by atoms with E-state index in [1.54, 1.807) is 55.6 Å². The number of rotatable bonds is 13. The largest absolute Gasteiger partial charge is 0.497 e. The first-order valence-corrected chi connectivity index (χ1v) is 15.8. The maximum atomic E-state index is 14.2. The zero-order chi connectivity index (χ0) is 31.0. The molecule has 1 aliphatic heterocycles. The summed E-state index contributed by atoms with van der Waals surface area (Å²) in [4.78, 5) is 29.1. The van der Waals surface area contributed by atoms with Crippen LogP contribution in [0.1, 0.15) is 39.2 Å². The molecule has 2 atom stereocenters. The Kier molecular flexibility index (Phi) is 10.5. The summed E-state index contributed by atoms with van der Waals surface area (Å²) in [5, 5.41) is 2.98. The van der Waals surface area contributed by atoms with Crippen molar-refractivity contribution in [3.63, 3.8) is 0 Å². The number of nitrogens with one attached hydrogen (secondary N) is 1. The summed E-state index contributed by atoms with van der Waals surface area (Å²) in [5.41, 5.74) is 1.00. The average molecular weight is 610 g/mol. The monoisotopic (exact) mass is 609 g/mol. The third kappa shape index (κ3) is 7.59. The number of benzene rings is 3. The van der Waals surface area contributed by atoms with Crippen LogP contribution in [0, 0.1) is 0 Å². The zero-order valence-electron chi connectivity index (χ0n) is 25.0. The third-order valence-corrected chi connectivity index (χ3v) is 9.11. The predicted octanol–water partition coefficient (Wildman–Crippen LogP) is 4.38. The van der Waals surface area contributed by atoms with Crippen LogP contribution in [-0.4, -0.2) is 64.1 Å². The molecule has 43 heavy (non-hydrogen) atoms. The van der Waals surface area contributed by atoms with Crippen LogP contribution >= 0.6 is 0 Å². The maximum absolute atomic E-state index is 14.2. The predicted molar refractivity (Wildman–Crippen MR) is 164 cm³/mol. The van der Waals surface area contributed by atoms with Gasteiger partial charge in [0.25, 0.3) is 10.0 Å². The van der Waals surface area contributed by atoms with Crippen LogP contribution in [0.5, 0.6) is 17.2 Å². The molecule has 3 aromatic rings. The fourth-order valence-electron chi connectivity index (χ4n) is 4.72. The average Bonchev–Trinajstić information content (AvgIpc) is 3.03. The summed E-state index contributed by atoms with van der Waals surface area (Å²) in [6.07, 6.45) is 1.06. The lowest BCUT2D eigenvalue weighted by atomic mass is 10.1. The van der Waals surface area contributed by atoms with Crippen molar-refractivity contribution >= 4 is 27.5 Å². The van der Waals surface area contributed by atoms with Crippen molar-refractivity contribution in [1.29, 1.82) is 0 Å². The molecule has 0 fully saturated rings. The molecule has 0 radical (unpaired) electrons. The molecule has 0 aliphatic carbocycles. The number of hydrogen-bond acceptors (Lipinski definition) is 7. The highest BCUT2D eigenvalue weighted by Gasteiger charge is 2.34. The van der Waals surface area contributed by atoms with E-state index in [1.807, 2.05) is 32.9 Å². The van der Waals surface area contributed by atoms with Gasteiger partial charge < -0.3 is 24.4 Å². The molecule has 10 nitrogen and oxygen atoms in total. The van der Waals surface area contributed by atoms with Gasteiger partial charge in [-0.3, -0.25) is 13.9 Å². The number of ether oxygens (including phenoxy) is 3. The highest BCUT2D eigenvalue weighted by atomic mass is 32.2. The quantitative estimate of drug-likeness (QED) is 0.306. The Morgan fingerprint density at radius 3 is 2.23 bits per heavy atom. The summed E-state index contributed by atoms with van der Waals surface area (Å²) in [6, 6.07) is 19.0. The molecule has 0 spiro atoms. The molecular weight excluding hydrogens is 570 g/mol. The number of methoxy groups -OCH3 is 1. The fraction of sp³-hybridized carbons (Fsp3) is 0.375. The van der Waals surface area contributed by atoms with Crippen LogP contribution in [-0.2, 0) is 26.2 Å². The molecule has 230 valence electrons. The van der Waals surface area contributed by atoms with Crippen LogP contribution in [0.15, 0.2) is 77.7 Å². The molecule has 0 saturated heterocycles. The van der Waals surface area contributed by atoms with Crippen LogP contribution in [0.2, 0.25) is 0 Å². The number of fused-ring (bicyclic) bond motifs is 1. The first-order valence-electron chi connectivity index (χ1n) is 14.4. The Morgan fingerprint density at radius 1 is 0.930 bits per heavy atom. The van der Waals surface area contributed by atoms with Gasteiger partial charge in [-0.2, -0.15) is 0 Å². The normalized spacial score (nSPS) is 13.9. The SMILES string of the molecule is CC[C@H](C)NC(=O)[C@H](CC)N(Cc1ccc(OC)cc1)C(=O)CN(c1ccc2c(c1)OCCO2)S(=O)(=O)c1ccccc1. The zero-order valence-corrected chi connectivity index (χ0v) is 25.8. The molecule has 3 aromatic carbocycles. The minimum Gasteiger partial charge on any atom is -0.497 e. The van der Waals surface area contributed by atoms with Gasteiger partial charge in [-0.1, -0.05) is 44.2 Å². The summed E-state index contributed by atoms with van der Waals surface area (Å²) in [6.45, 7) is 5.95. The highest BCUT2D eigenvalue weighted by molar-refractivity contribution is 7.92. The van der Waals surface area contributed by atoms with Gasteiger partial charge in [0.05, 0.1) is 17.7 Å². The van der Waals surface area contributed by atoms with E-state index in [2.05, 4.69) is 5.32 Å². The van der Waals surface area contributed by atoms with E-state index >= 15 is 0 Å². The van der Waals surface area contributed by atoms with Crippen LogP contribution in [0.25, 0.3) is 0 Å². The highest BCUT2D eigenvalue weighted by Crippen LogP contribution is 2.36. The molecule has 11 heteroatoms. The van der Waals surface area contributed by atoms with Gasteiger partial charge in [0.1, 0.15) is 31.5 Å². The first kappa shape index (κ1) is 31.7. The molecule has 4 rings (SSSR count). The van der Waals surface area contributed by atoms with Gasteiger partial charge >= 0.3 is 0 Å². The van der Waals surface area contributed by atoms with E-state index in [0.29, 0.717) is 36.9 Å². The summed E-state index contributed by atoms with van der Waals surface area (Å²) in [5.74, 6) is 0.708. The topological polar surface area (TPSA) is 114 Å². The van der Waals surface area contributed by atoms with Crippen molar-refractivity contribution in [1.82, 2.24) is 10.2 Å². The van der Waals surface area contributed by atoms with Crippen molar-refractivity contribution < 1.29 is 32.2 Å². The number of sulfonamides is 1. The van der Waals surface area contributed by atoms with Gasteiger partial charge in [-0.05, 0) is 61.7 Å². The third-order valence-electron chi connectivity index (χ3n) is 7.32. The lowest BCUT2D eigenvalue weighted by Crippen LogP contribution is -2.53. The summed E-state index contributed by atoms with van der Waals surface area (Å²) >= 11 is 0. The molecule has 0 saturated carbocycles. The molecule has 0 aromatic heterocycles. The number of hydrogen-bond donors (Lipinski definition) is 1. The molecule has 1 aliphatic rings. The van der Waals surface area contributed by atoms with E-state index in [-0.39, 0.29) is 29.1 Å². The summed E-state index contributed by atoms with van der Waals surface area (Å²) < 4.78 is 45.7. The van der Waals surface area contributed by atoms with Crippen LogP contribution in [0.4, 0.5) is 5.69 Å². The van der Waals surface area contributed by atoms with Crippen molar-refractivity contribution in [2.45, 2.75) is 57.1 Å². The second-order valence-electron chi connectivity index (χ2n) is 10.3. The minimum absolute atomic E-state index is 0.0287. The maximum Gasteiger partial charge on any atom is 0.264 e. The Bertz CT molecular complexity index is 1500. The van der Waals surface area contributed by atoms with E-state index in [9.17, 15) is 18.0 Å². The molecular formula is C32H39N3O7S. The Hall–Kier alpha value is -4.25. The molecule has 0 bridgehead atoms. The van der Waals surface area contributed by atoms with Crippen molar-refractivity contribution in [2.24, 2.45) is 0 Å². The summed E-state index contributed by atoms with van der Waals surface area (Å²) in [7, 11) is -2.63. The molecule has 2 amide bonds. The Balaban J connectivity index is 1.74. The second kappa shape index (κ2) is 14.3. The van der Waals surface area contributed by atoms with Gasteiger partial charge in [-0.25, -0.2) is 8.42 Å². The number of anilines is 1. The molecule has 1 heterocycles. The number of carbonyl (C=O) groups excluding carboxylic acids is 2. The lowest BCUT2D eigenvalue weighted by Gasteiger charge is -2.34. The van der Waals surface area contributed by atoms with Gasteiger partial charge in [-0.15, -0.1) is 0 Å². The van der Waals surface area contributed by atoms with Gasteiger partial charge in [0.15, 0.2) is 11.5 Å². The van der Waals surface area contributed by atoms with E-state index < -0.39 is 28.5 Å². The second-order valence-corrected chi connectivity index (χ2v) is 12.1. The van der Waals surface area contributed by atoms with Crippen molar-refractivity contribution in [3.8, 4) is 17.2 Å². The lowest BCUT2D eigenvalue weighted by molar-refractivity contribution is -0.140. The smallest absolute Gasteiger partial charge is 0.264 e. The van der Waals surface area contributed by atoms with Crippen molar-refractivity contribution in [3.05, 3.63) is 78.4 Å². The van der Waals surface area contributed by atoms with E-state index in [1.165, 1.54) is 17.0 Å². The number of amides is 2. The van der Waals surface area contributed by atoms with E-state index in [4.69, 9.17) is 14.2 Å². The van der Waals surface area contributed by atoms with E-state index in [0.717, 1.165) is 16.3 Å². The Labute approximate surface area is 253 Å².